The lowest BCUT2D eigenvalue weighted by Gasteiger charge is -2.28. The average Bonchev–Trinajstić information content (AvgIpc) is 2.74. The Morgan fingerprint density at radius 1 is 0.526 bits per heavy atom. The summed E-state index contributed by atoms with van der Waals surface area (Å²) in [6.45, 7) is 25.7. The molecule has 0 saturated carbocycles. The van der Waals surface area contributed by atoms with Crippen LogP contribution in [0.4, 0.5) is 22.7 Å². The van der Waals surface area contributed by atoms with E-state index >= 15 is 0 Å². The molecule has 1 radical (unpaired) electrons. The van der Waals surface area contributed by atoms with E-state index in [1.54, 1.807) is 0 Å². The number of rotatable bonds is 4. The lowest BCUT2D eigenvalue weighted by atomic mass is 9.79. The third kappa shape index (κ3) is 6.46. The van der Waals surface area contributed by atoms with Gasteiger partial charge >= 0.3 is 0 Å². The number of nitrogens with one attached hydrogen (secondary N) is 1. The number of hydrogen-bond acceptors (Lipinski definition) is 3. The molecule has 0 atom stereocenters. The van der Waals surface area contributed by atoms with Gasteiger partial charge in [-0.1, -0.05) is 107 Å². The second-order valence-corrected chi connectivity index (χ2v) is 14.6. The average molecular weight is 516 g/mol. The molecule has 0 heterocycles. The van der Waals surface area contributed by atoms with Crippen molar-refractivity contribution in [3.05, 3.63) is 70.8 Å². The third-order valence-corrected chi connectivity index (χ3v) is 6.96. The van der Waals surface area contributed by atoms with Crippen LogP contribution in [0.15, 0.2) is 48.5 Å². The minimum Gasteiger partial charge on any atom is -0.505 e. The van der Waals surface area contributed by atoms with E-state index in [2.05, 4.69) is 101 Å². The molecule has 0 bridgehead atoms. The first-order valence-electron chi connectivity index (χ1n) is 13.5. The number of benzene rings is 3. The fraction of sp³-hybridized carbons (Fsp3) is 0.471. The van der Waals surface area contributed by atoms with Crippen molar-refractivity contribution in [3.8, 4) is 11.5 Å². The Morgan fingerprint density at radius 3 is 1.50 bits per heavy atom. The quantitative estimate of drug-likeness (QED) is 0.303. The van der Waals surface area contributed by atoms with E-state index in [9.17, 15) is 10.2 Å². The van der Waals surface area contributed by atoms with Crippen LogP contribution < -0.4 is 10.6 Å². The summed E-state index contributed by atoms with van der Waals surface area (Å²) in [6.07, 6.45) is 0. The molecule has 0 unspecified atom stereocenters. The van der Waals surface area contributed by atoms with Crippen molar-refractivity contribution in [2.24, 2.45) is 0 Å². The summed E-state index contributed by atoms with van der Waals surface area (Å²) in [4.78, 5) is 0. The van der Waals surface area contributed by atoms with Crippen molar-refractivity contribution in [2.75, 3.05) is 5.32 Å². The van der Waals surface area contributed by atoms with Gasteiger partial charge in [0.2, 0.25) is 0 Å². The van der Waals surface area contributed by atoms with Crippen molar-refractivity contribution in [3.63, 3.8) is 0 Å². The molecule has 3 aromatic rings. The summed E-state index contributed by atoms with van der Waals surface area (Å²) in [5.41, 5.74) is 6.01. The highest BCUT2D eigenvalue weighted by atomic mass is 16.3. The van der Waals surface area contributed by atoms with E-state index in [-0.39, 0.29) is 33.2 Å². The van der Waals surface area contributed by atoms with Crippen LogP contribution in [0.5, 0.6) is 11.5 Å². The minimum atomic E-state index is -0.240. The van der Waals surface area contributed by atoms with Gasteiger partial charge in [-0.15, -0.1) is 0 Å². The van der Waals surface area contributed by atoms with Gasteiger partial charge in [0.05, 0.1) is 17.1 Å². The van der Waals surface area contributed by atoms with Gasteiger partial charge in [0.25, 0.3) is 0 Å². The first-order chi connectivity index (χ1) is 17.2. The molecule has 0 aliphatic heterocycles. The van der Waals surface area contributed by atoms with E-state index < -0.39 is 0 Å². The van der Waals surface area contributed by atoms with Crippen molar-refractivity contribution in [1.29, 1.82) is 0 Å². The molecule has 0 fully saturated rings. The SMILES string of the molecule is CC(C)(C)c1cc([N]c2ccccc2Nc2cc(C(C)(C)C)cc(C(C)(C)C)c2O)c(O)c(C(C)(C)C)c1. The van der Waals surface area contributed by atoms with Gasteiger partial charge in [0.15, 0.2) is 0 Å². The molecule has 205 valence electrons. The minimum absolute atomic E-state index is 0.0867. The lowest BCUT2D eigenvalue weighted by Crippen LogP contribution is -2.17. The number of anilines is 2. The van der Waals surface area contributed by atoms with Crippen molar-refractivity contribution in [1.82, 2.24) is 5.32 Å². The van der Waals surface area contributed by atoms with E-state index in [1.165, 1.54) is 0 Å². The van der Waals surface area contributed by atoms with Crippen LogP contribution in [0.25, 0.3) is 0 Å². The summed E-state index contributed by atoms with van der Waals surface area (Å²) < 4.78 is 0. The number of para-hydroxylation sites is 2. The number of aromatic hydroxyl groups is 2. The first kappa shape index (κ1) is 29.4. The molecule has 0 amide bonds. The van der Waals surface area contributed by atoms with Crippen LogP contribution in [0.3, 0.4) is 0 Å². The van der Waals surface area contributed by atoms with Crippen LogP contribution in [-0.2, 0) is 21.7 Å². The van der Waals surface area contributed by atoms with Crippen LogP contribution >= 0.6 is 0 Å². The van der Waals surface area contributed by atoms with Gasteiger partial charge in [-0.05, 0) is 57.1 Å². The molecule has 3 N–H and O–H groups in total. The Hall–Kier alpha value is -3.14. The second-order valence-electron chi connectivity index (χ2n) is 14.6. The predicted molar refractivity (Wildman–Crippen MR) is 162 cm³/mol. The van der Waals surface area contributed by atoms with Gasteiger partial charge in [-0.2, -0.15) is 0 Å². The summed E-state index contributed by atoms with van der Waals surface area (Å²) in [7, 11) is 0. The Kier molecular flexibility index (Phi) is 7.64. The number of hydrogen-bond donors (Lipinski definition) is 3. The Bertz CT molecular complexity index is 1210. The zero-order valence-electron chi connectivity index (χ0n) is 25.5. The lowest BCUT2D eigenvalue weighted by molar-refractivity contribution is 0.444. The highest BCUT2D eigenvalue weighted by molar-refractivity contribution is 5.78. The van der Waals surface area contributed by atoms with E-state index in [1.807, 2.05) is 36.4 Å². The molecule has 3 rings (SSSR count). The van der Waals surface area contributed by atoms with Gasteiger partial charge < -0.3 is 15.5 Å². The maximum absolute atomic E-state index is 11.3. The van der Waals surface area contributed by atoms with Gasteiger partial charge in [0.1, 0.15) is 17.2 Å². The smallest absolute Gasteiger partial charge is 0.144 e. The monoisotopic (exact) mass is 515 g/mol. The first-order valence-corrected chi connectivity index (χ1v) is 13.5. The molecular weight excluding hydrogens is 468 g/mol. The summed E-state index contributed by atoms with van der Waals surface area (Å²) in [5, 5.41) is 31.1. The van der Waals surface area contributed by atoms with Crippen molar-refractivity contribution in [2.45, 2.75) is 105 Å². The molecule has 0 aliphatic rings. The van der Waals surface area contributed by atoms with Gasteiger partial charge in [-0.3, -0.25) is 0 Å². The molecule has 38 heavy (non-hydrogen) atoms. The topological polar surface area (TPSA) is 66.6 Å². The van der Waals surface area contributed by atoms with Crippen LogP contribution in [-0.4, -0.2) is 10.2 Å². The normalized spacial score (nSPS) is 12.9. The third-order valence-electron chi connectivity index (χ3n) is 6.96. The zero-order valence-corrected chi connectivity index (χ0v) is 25.5. The maximum Gasteiger partial charge on any atom is 0.144 e. The summed E-state index contributed by atoms with van der Waals surface area (Å²) in [5.74, 6) is 0.445. The molecule has 4 nitrogen and oxygen atoms in total. The van der Waals surface area contributed by atoms with Crippen molar-refractivity contribution < 1.29 is 10.2 Å². The van der Waals surface area contributed by atoms with E-state index in [4.69, 9.17) is 5.32 Å². The van der Waals surface area contributed by atoms with Crippen molar-refractivity contribution >= 4 is 22.7 Å². The molecule has 0 aliphatic carbocycles. The summed E-state index contributed by atoms with van der Waals surface area (Å²) >= 11 is 0. The van der Waals surface area contributed by atoms with E-state index in [0.29, 0.717) is 17.1 Å². The standard InChI is InChI=1S/C34H47N2O2/c1-31(2,3)21-17-23(33(7,8)9)29(37)27(19-21)35-25-15-13-14-16-26(25)36-28-20-22(32(4,5)6)18-24(30(28)38)34(10,11)12/h13-20,35,37-38H,1-12H3. The fourth-order valence-electron chi connectivity index (χ4n) is 4.40. The molecule has 0 saturated heterocycles. The molecule has 0 spiro atoms. The Labute approximate surface area is 230 Å². The largest absolute Gasteiger partial charge is 0.505 e. The Balaban J connectivity index is 2.14. The fourth-order valence-corrected chi connectivity index (χ4v) is 4.40. The predicted octanol–water partition coefficient (Wildman–Crippen LogP) is 9.60. The highest BCUT2D eigenvalue weighted by Gasteiger charge is 2.27. The van der Waals surface area contributed by atoms with Crippen LogP contribution in [0.2, 0.25) is 0 Å². The molecule has 4 heteroatoms. The Morgan fingerprint density at radius 2 is 1.00 bits per heavy atom. The van der Waals surface area contributed by atoms with E-state index in [0.717, 1.165) is 27.9 Å². The van der Waals surface area contributed by atoms with Crippen LogP contribution in [0.1, 0.15) is 105 Å². The highest BCUT2D eigenvalue weighted by Crippen LogP contribution is 2.44. The summed E-state index contributed by atoms with van der Waals surface area (Å²) in [6, 6.07) is 16.0. The second kappa shape index (κ2) is 9.87. The number of phenolic OH excluding ortho intramolecular Hbond substituents is 2. The zero-order chi connectivity index (χ0) is 28.8. The molecular formula is C34H47N2O2. The van der Waals surface area contributed by atoms with Gasteiger partial charge in [-0.25, -0.2) is 5.32 Å². The number of phenols is 2. The van der Waals surface area contributed by atoms with Crippen LogP contribution in [0, 0.1) is 0 Å². The molecule has 0 aromatic heterocycles. The maximum atomic E-state index is 11.3. The molecule has 3 aromatic carbocycles. The number of nitrogens with zero attached hydrogens (tertiary/aromatic N) is 1. The van der Waals surface area contributed by atoms with Gasteiger partial charge in [0, 0.05) is 11.1 Å².